The summed E-state index contributed by atoms with van der Waals surface area (Å²) in [7, 11) is 1.24. The van der Waals surface area contributed by atoms with Crippen LogP contribution in [-0.2, 0) is 19.1 Å². The lowest BCUT2D eigenvalue weighted by Gasteiger charge is -2.17. The van der Waals surface area contributed by atoms with E-state index < -0.39 is 11.9 Å². The molecule has 0 saturated heterocycles. The maximum Gasteiger partial charge on any atom is 0.325 e. The van der Waals surface area contributed by atoms with Crippen molar-refractivity contribution in [1.82, 2.24) is 10.6 Å². The van der Waals surface area contributed by atoms with Crippen LogP contribution in [0.4, 0.5) is 0 Å². The zero-order chi connectivity index (χ0) is 13.5. The minimum atomic E-state index is -0.528. The lowest BCUT2D eigenvalue weighted by molar-refractivity contribution is -0.141. The molecule has 0 unspecified atom stereocenters. The van der Waals surface area contributed by atoms with Crippen LogP contribution in [0.2, 0.25) is 0 Å². The van der Waals surface area contributed by atoms with Crippen LogP contribution in [0.1, 0.15) is 27.2 Å². The molecular weight excluding hydrogens is 224 g/mol. The fourth-order valence-corrected chi connectivity index (χ4v) is 1.03. The highest BCUT2D eigenvalue weighted by Gasteiger charge is 2.16. The number of esters is 1. The molecule has 0 saturated carbocycles. The molecule has 0 rings (SSSR count). The fraction of sp³-hybridized carbons (Fsp3) is 0.727. The van der Waals surface area contributed by atoms with Crippen molar-refractivity contribution < 1.29 is 19.1 Å². The van der Waals surface area contributed by atoms with Crippen LogP contribution in [-0.4, -0.2) is 38.0 Å². The van der Waals surface area contributed by atoms with Crippen molar-refractivity contribution in [2.45, 2.75) is 27.2 Å². The molecular formula is C11H20N2O4. The van der Waals surface area contributed by atoms with Crippen molar-refractivity contribution in [3.63, 3.8) is 0 Å². The maximum atomic E-state index is 11.4. The number of hydrogen-bond donors (Lipinski definition) is 2. The van der Waals surface area contributed by atoms with Crippen molar-refractivity contribution in [1.29, 1.82) is 0 Å². The Labute approximate surface area is 101 Å². The van der Waals surface area contributed by atoms with Gasteiger partial charge >= 0.3 is 5.97 Å². The van der Waals surface area contributed by atoms with Crippen LogP contribution >= 0.6 is 0 Å². The topological polar surface area (TPSA) is 84.5 Å². The number of amides is 2. The average Bonchev–Trinajstić information content (AvgIpc) is 2.20. The van der Waals surface area contributed by atoms with Crippen LogP contribution < -0.4 is 10.6 Å². The highest BCUT2D eigenvalue weighted by molar-refractivity contribution is 5.87. The predicted molar refractivity (Wildman–Crippen MR) is 62.1 cm³/mol. The van der Waals surface area contributed by atoms with Crippen LogP contribution in [0.15, 0.2) is 0 Å². The highest BCUT2D eigenvalue weighted by Crippen LogP contribution is 2.17. The Morgan fingerprint density at radius 2 is 1.53 bits per heavy atom. The third-order valence-corrected chi connectivity index (χ3v) is 1.79. The van der Waals surface area contributed by atoms with Crippen LogP contribution in [0, 0.1) is 5.41 Å². The van der Waals surface area contributed by atoms with E-state index in [1.807, 2.05) is 20.8 Å². The SMILES string of the molecule is COC(=O)CNC(=O)CNC(=O)CC(C)(C)C. The van der Waals surface area contributed by atoms with Gasteiger partial charge in [-0.25, -0.2) is 0 Å². The number of carbonyl (C=O) groups is 3. The lowest BCUT2D eigenvalue weighted by Crippen LogP contribution is -2.40. The molecule has 0 spiro atoms. The number of carbonyl (C=O) groups excluding carboxylic acids is 3. The van der Waals surface area contributed by atoms with Crippen molar-refractivity contribution in [2.75, 3.05) is 20.2 Å². The Bertz CT molecular complexity index is 294. The zero-order valence-corrected chi connectivity index (χ0v) is 10.8. The molecule has 0 radical (unpaired) electrons. The lowest BCUT2D eigenvalue weighted by atomic mass is 9.92. The monoisotopic (exact) mass is 244 g/mol. The Hall–Kier alpha value is -1.59. The molecule has 0 aliphatic rings. The molecule has 0 fully saturated rings. The number of ether oxygens (including phenoxy) is 1. The standard InChI is InChI=1S/C11H20N2O4/c1-11(2,3)5-8(14)12-6-9(15)13-7-10(16)17-4/h5-7H2,1-4H3,(H,12,14)(H,13,15). The molecule has 2 amide bonds. The summed E-state index contributed by atoms with van der Waals surface area (Å²) in [5.41, 5.74) is -0.118. The van der Waals surface area contributed by atoms with Crippen molar-refractivity contribution in [3.05, 3.63) is 0 Å². The van der Waals surface area contributed by atoms with Gasteiger partial charge in [0.25, 0.3) is 0 Å². The summed E-state index contributed by atoms with van der Waals surface area (Å²) in [6.07, 6.45) is 0.345. The van der Waals surface area contributed by atoms with Gasteiger partial charge in [0.2, 0.25) is 11.8 Å². The molecule has 98 valence electrons. The number of methoxy groups -OCH3 is 1. The molecule has 0 aromatic heterocycles. The van der Waals surface area contributed by atoms with Crippen LogP contribution in [0.5, 0.6) is 0 Å². The fourth-order valence-electron chi connectivity index (χ4n) is 1.03. The summed E-state index contributed by atoms with van der Waals surface area (Å²) in [6, 6.07) is 0. The first kappa shape index (κ1) is 15.4. The molecule has 0 heterocycles. The van der Waals surface area contributed by atoms with Crippen molar-refractivity contribution in [3.8, 4) is 0 Å². The zero-order valence-electron chi connectivity index (χ0n) is 10.8. The van der Waals surface area contributed by atoms with Gasteiger partial charge in [0.15, 0.2) is 0 Å². The van der Waals surface area contributed by atoms with Gasteiger partial charge in [0.1, 0.15) is 6.54 Å². The number of hydrogen-bond acceptors (Lipinski definition) is 4. The second-order valence-electron chi connectivity index (χ2n) is 4.87. The first-order chi connectivity index (χ1) is 7.74. The first-order valence-corrected chi connectivity index (χ1v) is 5.35. The molecule has 2 N–H and O–H groups in total. The van der Waals surface area contributed by atoms with E-state index in [9.17, 15) is 14.4 Å². The van der Waals surface area contributed by atoms with Gasteiger partial charge in [0, 0.05) is 6.42 Å². The van der Waals surface area contributed by atoms with Crippen LogP contribution in [0.25, 0.3) is 0 Å². The summed E-state index contributed by atoms with van der Waals surface area (Å²) in [6.45, 7) is 5.48. The van der Waals surface area contributed by atoms with E-state index >= 15 is 0 Å². The van der Waals surface area contributed by atoms with E-state index in [0.29, 0.717) is 6.42 Å². The summed E-state index contributed by atoms with van der Waals surface area (Å²) < 4.78 is 4.35. The molecule has 0 atom stereocenters. The summed E-state index contributed by atoms with van der Waals surface area (Å²) in [5.74, 6) is -1.14. The Balaban J connectivity index is 3.77. The largest absolute Gasteiger partial charge is 0.468 e. The van der Waals surface area contributed by atoms with E-state index in [2.05, 4.69) is 15.4 Å². The normalized spacial score (nSPS) is 10.6. The number of rotatable bonds is 5. The molecule has 0 bridgehead atoms. The van der Waals surface area contributed by atoms with Crippen molar-refractivity contribution >= 4 is 17.8 Å². The number of nitrogens with one attached hydrogen (secondary N) is 2. The van der Waals surface area contributed by atoms with Gasteiger partial charge in [-0.05, 0) is 5.41 Å². The van der Waals surface area contributed by atoms with Gasteiger partial charge < -0.3 is 15.4 Å². The molecule has 6 nitrogen and oxygen atoms in total. The Morgan fingerprint density at radius 3 is 2.00 bits per heavy atom. The van der Waals surface area contributed by atoms with E-state index in [1.165, 1.54) is 7.11 Å². The Kier molecular flexibility index (Phi) is 6.23. The van der Waals surface area contributed by atoms with E-state index in [-0.39, 0.29) is 24.4 Å². The molecule has 0 aliphatic carbocycles. The van der Waals surface area contributed by atoms with E-state index in [4.69, 9.17) is 0 Å². The van der Waals surface area contributed by atoms with E-state index in [0.717, 1.165) is 0 Å². The summed E-state index contributed by atoms with van der Waals surface area (Å²) in [5, 5.41) is 4.80. The predicted octanol–water partition coefficient (Wildman–Crippen LogP) is -0.172. The second-order valence-corrected chi connectivity index (χ2v) is 4.87. The second kappa shape index (κ2) is 6.88. The molecule has 6 heteroatoms. The van der Waals surface area contributed by atoms with Gasteiger partial charge in [-0.3, -0.25) is 14.4 Å². The smallest absolute Gasteiger partial charge is 0.325 e. The molecule has 0 aromatic rings. The third kappa shape index (κ3) is 9.35. The maximum absolute atomic E-state index is 11.4. The van der Waals surface area contributed by atoms with E-state index in [1.54, 1.807) is 0 Å². The minimum Gasteiger partial charge on any atom is -0.468 e. The Morgan fingerprint density at radius 1 is 1.00 bits per heavy atom. The quantitative estimate of drug-likeness (QED) is 0.657. The summed E-state index contributed by atoms with van der Waals surface area (Å²) in [4.78, 5) is 33.3. The first-order valence-electron chi connectivity index (χ1n) is 5.35. The minimum absolute atomic E-state index is 0.118. The average molecular weight is 244 g/mol. The summed E-state index contributed by atoms with van der Waals surface area (Å²) >= 11 is 0. The molecule has 0 aliphatic heterocycles. The molecule has 0 aromatic carbocycles. The highest BCUT2D eigenvalue weighted by atomic mass is 16.5. The van der Waals surface area contributed by atoms with Gasteiger partial charge in [-0.1, -0.05) is 20.8 Å². The van der Waals surface area contributed by atoms with Gasteiger partial charge in [-0.15, -0.1) is 0 Å². The molecule has 17 heavy (non-hydrogen) atoms. The van der Waals surface area contributed by atoms with Gasteiger partial charge in [0.05, 0.1) is 13.7 Å². The van der Waals surface area contributed by atoms with Crippen LogP contribution in [0.3, 0.4) is 0 Å². The van der Waals surface area contributed by atoms with Gasteiger partial charge in [-0.2, -0.15) is 0 Å². The van der Waals surface area contributed by atoms with Crippen molar-refractivity contribution in [2.24, 2.45) is 5.41 Å². The third-order valence-electron chi connectivity index (χ3n) is 1.79.